The maximum absolute atomic E-state index is 13.1. The van der Waals surface area contributed by atoms with Crippen LogP contribution in [0.5, 0.6) is 0 Å². The van der Waals surface area contributed by atoms with Crippen molar-refractivity contribution in [3.63, 3.8) is 0 Å². The molecule has 3 aromatic rings. The molecule has 0 saturated heterocycles. The minimum absolute atomic E-state index is 0.0363. The van der Waals surface area contributed by atoms with E-state index in [-0.39, 0.29) is 5.91 Å². The first kappa shape index (κ1) is 16.0. The van der Waals surface area contributed by atoms with Gasteiger partial charge in [-0.15, -0.1) is 22.7 Å². The Morgan fingerprint density at radius 1 is 1.17 bits per heavy atom. The van der Waals surface area contributed by atoms with Gasteiger partial charge in [-0.25, -0.2) is 0 Å². The third kappa shape index (κ3) is 3.71. The Morgan fingerprint density at radius 3 is 2.26 bits per heavy atom. The van der Waals surface area contributed by atoms with E-state index in [1.165, 1.54) is 9.75 Å². The Morgan fingerprint density at radius 2 is 1.78 bits per heavy atom. The van der Waals surface area contributed by atoms with Crippen molar-refractivity contribution in [1.82, 2.24) is 14.7 Å². The molecule has 0 saturated carbocycles. The predicted molar refractivity (Wildman–Crippen MR) is 94.9 cm³/mol. The highest BCUT2D eigenvalue weighted by atomic mass is 32.1. The Kier molecular flexibility index (Phi) is 4.93. The fourth-order valence-electron chi connectivity index (χ4n) is 2.50. The van der Waals surface area contributed by atoms with Crippen LogP contribution in [0, 0.1) is 6.92 Å². The van der Waals surface area contributed by atoms with E-state index in [2.05, 4.69) is 17.2 Å². The quantitative estimate of drug-likeness (QED) is 0.672. The highest BCUT2D eigenvalue weighted by molar-refractivity contribution is 7.10. The molecule has 3 rings (SSSR count). The molecule has 3 aromatic heterocycles. The molecular weight excluding hydrogens is 326 g/mol. The molecule has 3 heterocycles. The van der Waals surface area contributed by atoms with Gasteiger partial charge in [0.25, 0.3) is 5.91 Å². The molecule has 6 heteroatoms. The van der Waals surface area contributed by atoms with Crippen LogP contribution in [-0.4, -0.2) is 20.6 Å². The Bertz CT molecular complexity index is 724. The van der Waals surface area contributed by atoms with Gasteiger partial charge in [-0.2, -0.15) is 5.10 Å². The van der Waals surface area contributed by atoms with Crippen LogP contribution in [0.25, 0.3) is 0 Å². The van der Waals surface area contributed by atoms with Crippen molar-refractivity contribution in [2.24, 2.45) is 0 Å². The molecule has 0 N–H and O–H groups in total. The van der Waals surface area contributed by atoms with Crippen LogP contribution in [0.1, 0.15) is 32.9 Å². The van der Waals surface area contributed by atoms with Crippen LogP contribution in [-0.2, 0) is 19.6 Å². The molecule has 0 atom stereocenters. The maximum Gasteiger partial charge on any atom is 0.272 e. The van der Waals surface area contributed by atoms with Crippen molar-refractivity contribution in [2.45, 2.75) is 33.5 Å². The van der Waals surface area contributed by atoms with Crippen LogP contribution in [0.15, 0.2) is 41.1 Å². The number of carbonyl (C=O) groups excluding carboxylic acids is 1. The summed E-state index contributed by atoms with van der Waals surface area (Å²) in [5.74, 6) is 0.0363. The van der Waals surface area contributed by atoms with E-state index in [1.54, 1.807) is 27.4 Å². The first-order valence-electron chi connectivity index (χ1n) is 7.56. The van der Waals surface area contributed by atoms with Crippen molar-refractivity contribution in [3.05, 3.63) is 62.2 Å². The van der Waals surface area contributed by atoms with Crippen molar-refractivity contribution >= 4 is 28.6 Å². The Labute approximate surface area is 144 Å². The summed E-state index contributed by atoms with van der Waals surface area (Å²) in [7, 11) is 0. The number of nitrogens with zero attached hydrogens (tertiary/aromatic N) is 3. The number of carbonyl (C=O) groups is 1. The van der Waals surface area contributed by atoms with Gasteiger partial charge in [-0.1, -0.05) is 12.1 Å². The highest BCUT2D eigenvalue weighted by Gasteiger charge is 2.21. The van der Waals surface area contributed by atoms with Gasteiger partial charge < -0.3 is 4.90 Å². The summed E-state index contributed by atoms with van der Waals surface area (Å²) in [6, 6.07) is 10.1. The lowest BCUT2D eigenvalue weighted by Gasteiger charge is -2.21. The topological polar surface area (TPSA) is 38.1 Å². The van der Waals surface area contributed by atoms with E-state index in [0.29, 0.717) is 25.3 Å². The lowest BCUT2D eigenvalue weighted by molar-refractivity contribution is 0.0721. The Hall–Kier alpha value is -1.92. The number of amides is 1. The smallest absolute Gasteiger partial charge is 0.272 e. The number of aryl methyl sites for hydroxylation is 2. The number of aromatic nitrogens is 2. The van der Waals surface area contributed by atoms with E-state index in [9.17, 15) is 4.79 Å². The molecule has 23 heavy (non-hydrogen) atoms. The van der Waals surface area contributed by atoms with E-state index >= 15 is 0 Å². The summed E-state index contributed by atoms with van der Waals surface area (Å²) < 4.78 is 1.79. The lowest BCUT2D eigenvalue weighted by Crippen LogP contribution is -2.31. The molecule has 0 unspecified atom stereocenters. The van der Waals surface area contributed by atoms with Gasteiger partial charge >= 0.3 is 0 Å². The monoisotopic (exact) mass is 345 g/mol. The zero-order valence-corrected chi connectivity index (χ0v) is 14.9. The van der Waals surface area contributed by atoms with Gasteiger partial charge in [0.1, 0.15) is 5.69 Å². The molecule has 0 bridgehead atoms. The van der Waals surface area contributed by atoms with Crippen molar-refractivity contribution in [3.8, 4) is 0 Å². The molecule has 0 aliphatic carbocycles. The summed E-state index contributed by atoms with van der Waals surface area (Å²) in [6.45, 7) is 5.88. The van der Waals surface area contributed by atoms with Crippen LogP contribution < -0.4 is 0 Å². The number of rotatable bonds is 6. The summed E-state index contributed by atoms with van der Waals surface area (Å²) in [6.07, 6.45) is 0. The average molecular weight is 345 g/mol. The zero-order valence-electron chi connectivity index (χ0n) is 13.2. The fraction of sp³-hybridized carbons (Fsp3) is 0.294. The number of thiophene rings is 2. The third-order valence-corrected chi connectivity index (χ3v) is 5.28. The minimum atomic E-state index is 0.0363. The van der Waals surface area contributed by atoms with E-state index in [4.69, 9.17) is 0 Å². The normalized spacial score (nSPS) is 10.9. The van der Waals surface area contributed by atoms with Crippen molar-refractivity contribution < 1.29 is 4.79 Å². The molecule has 0 aliphatic heterocycles. The van der Waals surface area contributed by atoms with Crippen LogP contribution in [0.4, 0.5) is 0 Å². The lowest BCUT2D eigenvalue weighted by atomic mass is 10.3. The van der Waals surface area contributed by atoms with Crippen molar-refractivity contribution in [2.75, 3.05) is 0 Å². The van der Waals surface area contributed by atoms with E-state index in [0.717, 1.165) is 5.69 Å². The summed E-state index contributed by atoms with van der Waals surface area (Å²) in [5.41, 5.74) is 1.54. The molecule has 120 valence electrons. The van der Waals surface area contributed by atoms with E-state index in [1.807, 2.05) is 47.7 Å². The van der Waals surface area contributed by atoms with Gasteiger partial charge in [0, 0.05) is 16.3 Å². The molecular formula is C17H19N3OS2. The SMILES string of the molecule is CCn1nc(C)cc1C(=O)N(Cc1cccs1)Cc1cccs1. The third-order valence-electron chi connectivity index (χ3n) is 3.56. The predicted octanol–water partition coefficient (Wildman–Crippen LogP) is 4.18. The standard InChI is InChI=1S/C17H19N3OS2/c1-3-20-16(10-13(2)18-20)17(21)19(11-14-6-4-8-22-14)12-15-7-5-9-23-15/h4-10H,3,11-12H2,1-2H3. The van der Waals surface area contributed by atoms with Crippen LogP contribution in [0.2, 0.25) is 0 Å². The van der Waals surface area contributed by atoms with Gasteiger partial charge in [0.15, 0.2) is 0 Å². The first-order valence-corrected chi connectivity index (χ1v) is 9.31. The first-order chi connectivity index (χ1) is 11.2. The molecule has 4 nitrogen and oxygen atoms in total. The maximum atomic E-state index is 13.1. The number of hydrogen-bond acceptors (Lipinski definition) is 4. The van der Waals surface area contributed by atoms with Gasteiger partial charge in [-0.3, -0.25) is 9.48 Å². The highest BCUT2D eigenvalue weighted by Crippen LogP contribution is 2.20. The fourth-order valence-corrected chi connectivity index (χ4v) is 3.94. The van der Waals surface area contributed by atoms with Crippen molar-refractivity contribution in [1.29, 1.82) is 0 Å². The minimum Gasteiger partial charge on any atom is -0.327 e. The van der Waals surface area contributed by atoms with Gasteiger partial charge in [0.05, 0.1) is 18.8 Å². The number of hydrogen-bond donors (Lipinski definition) is 0. The van der Waals surface area contributed by atoms with Gasteiger partial charge in [-0.05, 0) is 42.8 Å². The summed E-state index contributed by atoms with van der Waals surface area (Å²) in [5, 5.41) is 8.49. The second-order valence-electron chi connectivity index (χ2n) is 5.31. The summed E-state index contributed by atoms with van der Waals surface area (Å²) >= 11 is 3.36. The molecule has 1 amide bonds. The second-order valence-corrected chi connectivity index (χ2v) is 7.37. The second kappa shape index (κ2) is 7.10. The molecule has 0 aliphatic rings. The van der Waals surface area contributed by atoms with Gasteiger partial charge in [0.2, 0.25) is 0 Å². The average Bonchev–Trinajstić information content (AvgIpc) is 3.27. The largest absolute Gasteiger partial charge is 0.327 e. The summed E-state index contributed by atoms with van der Waals surface area (Å²) in [4.78, 5) is 17.3. The van der Waals surface area contributed by atoms with Crippen LogP contribution in [0.3, 0.4) is 0 Å². The van der Waals surface area contributed by atoms with Crippen LogP contribution >= 0.6 is 22.7 Å². The molecule has 0 radical (unpaired) electrons. The zero-order chi connectivity index (χ0) is 16.2. The molecule has 0 spiro atoms. The Balaban J connectivity index is 1.88. The van der Waals surface area contributed by atoms with E-state index < -0.39 is 0 Å². The molecule has 0 fully saturated rings. The molecule has 0 aromatic carbocycles.